The quantitative estimate of drug-likeness (QED) is 0.122. The maximum Gasteiger partial charge on any atom is 0.143 e. The molecule has 0 aliphatic carbocycles. The predicted octanol–water partition coefficient (Wildman–Crippen LogP) is 20.5. The number of fused-ring (bicyclic) bond motifs is 3. The molecule has 0 spiro atoms. The molecule has 0 fully saturated rings. The Morgan fingerprint density at radius 2 is 0.387 bits per heavy atom. The van der Waals surface area contributed by atoms with Crippen LogP contribution in [0, 0.1) is 0 Å². The zero-order valence-corrected chi connectivity index (χ0v) is 41.2. The predicted molar refractivity (Wildman–Crippen MR) is 316 cm³/mol. The van der Waals surface area contributed by atoms with E-state index in [0.29, 0.717) is 0 Å². The van der Waals surface area contributed by atoms with Crippen LogP contribution in [0.2, 0.25) is 0 Å². The highest BCUT2D eigenvalue weighted by Gasteiger charge is 2.19. The van der Waals surface area contributed by atoms with E-state index in [1.807, 2.05) is 0 Å². The fraction of sp³-hybridized carbons (Fsp3) is 0. The standard InChI is InChI=1S/C72H50N2O/c1-5-15-51(16-6-1)55-27-39-61(40-28-55)73(62-41-29-56(30-42-62)52-17-7-2-8-18-52)65-47-35-59(36-48-65)67-23-13-25-69-70-26-14-24-68(72(70)75-71(67)69)60-37-49-66(50-38-60)74(63-43-31-57(32-44-63)53-19-9-3-10-20-53)64-45-33-58(34-46-64)54-21-11-4-12-22-54/h1-50H. The Bertz CT molecular complexity index is 3590. The molecule has 0 saturated heterocycles. The summed E-state index contributed by atoms with van der Waals surface area (Å²) in [7, 11) is 0. The Balaban J connectivity index is 0.831. The molecule has 3 heteroatoms. The number of hydrogen-bond acceptors (Lipinski definition) is 3. The molecular formula is C72H50N2O. The van der Waals surface area contributed by atoms with E-state index in [4.69, 9.17) is 4.42 Å². The van der Waals surface area contributed by atoms with Gasteiger partial charge in [0.1, 0.15) is 11.2 Å². The van der Waals surface area contributed by atoms with Gasteiger partial charge in [0.2, 0.25) is 0 Å². The number of benzene rings is 12. The maximum absolute atomic E-state index is 7.03. The van der Waals surface area contributed by atoms with Crippen LogP contribution in [0.4, 0.5) is 34.1 Å². The van der Waals surface area contributed by atoms with Crippen LogP contribution in [0.3, 0.4) is 0 Å². The molecule has 3 nitrogen and oxygen atoms in total. The minimum Gasteiger partial charge on any atom is -0.455 e. The first-order valence-electron chi connectivity index (χ1n) is 25.6. The van der Waals surface area contributed by atoms with Crippen molar-refractivity contribution in [2.45, 2.75) is 0 Å². The lowest BCUT2D eigenvalue weighted by molar-refractivity contribution is 0.671. The molecule has 0 bridgehead atoms. The van der Waals surface area contributed by atoms with E-state index in [1.54, 1.807) is 0 Å². The van der Waals surface area contributed by atoms with E-state index in [9.17, 15) is 0 Å². The summed E-state index contributed by atoms with van der Waals surface area (Å²) in [6.45, 7) is 0. The van der Waals surface area contributed by atoms with Gasteiger partial charge in [-0.05, 0) is 128 Å². The van der Waals surface area contributed by atoms with E-state index >= 15 is 0 Å². The van der Waals surface area contributed by atoms with Crippen molar-refractivity contribution in [3.63, 3.8) is 0 Å². The van der Waals surface area contributed by atoms with Crippen molar-refractivity contribution in [2.75, 3.05) is 9.80 Å². The van der Waals surface area contributed by atoms with Gasteiger partial charge in [-0.1, -0.05) is 231 Å². The largest absolute Gasteiger partial charge is 0.455 e. The van der Waals surface area contributed by atoms with Crippen molar-refractivity contribution < 1.29 is 4.42 Å². The van der Waals surface area contributed by atoms with Gasteiger partial charge in [-0.25, -0.2) is 0 Å². The Kier molecular flexibility index (Phi) is 11.9. The summed E-state index contributed by atoms with van der Waals surface area (Å²) in [5.74, 6) is 0. The van der Waals surface area contributed by atoms with Crippen LogP contribution >= 0.6 is 0 Å². The molecule has 13 rings (SSSR count). The van der Waals surface area contributed by atoms with Crippen LogP contribution in [-0.4, -0.2) is 0 Å². The third-order valence-electron chi connectivity index (χ3n) is 14.3. The minimum atomic E-state index is 0.873. The first kappa shape index (κ1) is 44.9. The summed E-state index contributed by atoms with van der Waals surface area (Å²) in [4.78, 5) is 4.66. The molecule has 0 amide bonds. The molecule has 0 radical (unpaired) electrons. The topological polar surface area (TPSA) is 19.6 Å². The molecule has 0 saturated carbocycles. The normalized spacial score (nSPS) is 11.2. The highest BCUT2D eigenvalue weighted by molar-refractivity contribution is 6.13. The SMILES string of the molecule is c1ccc(-c2ccc(N(c3ccc(-c4ccccc4)cc3)c3ccc(-c4cccc5c4oc4c(-c6ccc(N(c7ccc(-c8ccccc8)cc7)c7ccc(-c8ccccc8)cc7)cc6)cccc45)cc3)cc2)cc1. The van der Waals surface area contributed by atoms with Gasteiger partial charge in [-0.2, -0.15) is 0 Å². The molecule has 0 unspecified atom stereocenters. The Hall–Kier alpha value is -9.96. The van der Waals surface area contributed by atoms with Crippen LogP contribution < -0.4 is 9.80 Å². The molecule has 13 aromatic rings. The number of para-hydroxylation sites is 2. The molecule has 0 aliphatic heterocycles. The molecule has 75 heavy (non-hydrogen) atoms. The first-order valence-corrected chi connectivity index (χ1v) is 25.6. The molecule has 0 atom stereocenters. The fourth-order valence-electron chi connectivity index (χ4n) is 10.5. The minimum absolute atomic E-state index is 0.873. The molecule has 0 aliphatic rings. The van der Waals surface area contributed by atoms with Gasteiger partial charge in [0, 0.05) is 56.0 Å². The van der Waals surface area contributed by atoms with E-state index in [2.05, 4.69) is 313 Å². The van der Waals surface area contributed by atoms with Crippen LogP contribution in [0.25, 0.3) is 88.7 Å². The smallest absolute Gasteiger partial charge is 0.143 e. The summed E-state index contributed by atoms with van der Waals surface area (Å²) in [6, 6.07) is 108. The lowest BCUT2D eigenvalue weighted by Gasteiger charge is -2.26. The van der Waals surface area contributed by atoms with Crippen molar-refractivity contribution in [3.05, 3.63) is 303 Å². The van der Waals surface area contributed by atoms with Gasteiger partial charge >= 0.3 is 0 Å². The highest BCUT2D eigenvalue weighted by Crippen LogP contribution is 2.44. The van der Waals surface area contributed by atoms with Gasteiger partial charge in [0.05, 0.1) is 0 Å². The highest BCUT2D eigenvalue weighted by atomic mass is 16.3. The van der Waals surface area contributed by atoms with Crippen LogP contribution in [0.1, 0.15) is 0 Å². The number of anilines is 6. The summed E-state index contributed by atoms with van der Waals surface area (Å²) in [6.07, 6.45) is 0. The zero-order chi connectivity index (χ0) is 49.9. The van der Waals surface area contributed by atoms with Crippen molar-refractivity contribution >= 4 is 56.1 Å². The average molecular weight is 959 g/mol. The van der Waals surface area contributed by atoms with Crippen LogP contribution in [0.5, 0.6) is 0 Å². The van der Waals surface area contributed by atoms with E-state index in [0.717, 1.165) is 78.3 Å². The summed E-state index contributed by atoms with van der Waals surface area (Å²) < 4.78 is 7.03. The van der Waals surface area contributed by atoms with Gasteiger partial charge in [0.25, 0.3) is 0 Å². The van der Waals surface area contributed by atoms with Crippen molar-refractivity contribution in [2.24, 2.45) is 0 Å². The third-order valence-corrected chi connectivity index (χ3v) is 14.3. The van der Waals surface area contributed by atoms with Gasteiger partial charge in [-0.3, -0.25) is 0 Å². The van der Waals surface area contributed by atoms with Gasteiger partial charge in [0.15, 0.2) is 0 Å². The second-order valence-electron chi connectivity index (χ2n) is 18.9. The third kappa shape index (κ3) is 8.94. The Morgan fingerprint density at radius 1 is 0.173 bits per heavy atom. The molecule has 1 heterocycles. The van der Waals surface area contributed by atoms with Crippen LogP contribution in [0.15, 0.2) is 308 Å². The van der Waals surface area contributed by atoms with E-state index < -0.39 is 0 Å². The second kappa shape index (κ2) is 19.9. The summed E-state index contributed by atoms with van der Waals surface area (Å²) in [5, 5.41) is 2.18. The molecule has 354 valence electrons. The number of nitrogens with zero attached hydrogens (tertiary/aromatic N) is 2. The maximum atomic E-state index is 7.03. The molecule has 0 N–H and O–H groups in total. The number of hydrogen-bond donors (Lipinski definition) is 0. The lowest BCUT2D eigenvalue weighted by Crippen LogP contribution is -2.09. The zero-order valence-electron chi connectivity index (χ0n) is 41.2. The second-order valence-corrected chi connectivity index (χ2v) is 18.9. The van der Waals surface area contributed by atoms with Gasteiger partial charge < -0.3 is 14.2 Å². The van der Waals surface area contributed by atoms with Crippen molar-refractivity contribution in [1.29, 1.82) is 0 Å². The monoisotopic (exact) mass is 958 g/mol. The first-order chi connectivity index (χ1) is 37.2. The Morgan fingerprint density at radius 3 is 0.627 bits per heavy atom. The fourth-order valence-corrected chi connectivity index (χ4v) is 10.5. The Labute approximate surface area is 438 Å². The number of furan rings is 1. The van der Waals surface area contributed by atoms with E-state index in [-0.39, 0.29) is 0 Å². The average Bonchev–Trinajstić information content (AvgIpc) is 3.90. The summed E-state index contributed by atoms with van der Waals surface area (Å²) >= 11 is 0. The van der Waals surface area contributed by atoms with Crippen LogP contribution in [-0.2, 0) is 0 Å². The number of rotatable bonds is 12. The molecular weight excluding hydrogens is 909 g/mol. The summed E-state index contributed by atoms with van der Waals surface area (Å²) in [5.41, 5.74) is 22.0. The van der Waals surface area contributed by atoms with Gasteiger partial charge in [-0.15, -0.1) is 0 Å². The van der Waals surface area contributed by atoms with E-state index in [1.165, 1.54) is 44.5 Å². The molecule has 12 aromatic carbocycles. The lowest BCUT2D eigenvalue weighted by atomic mass is 9.99. The van der Waals surface area contributed by atoms with Crippen molar-refractivity contribution in [1.82, 2.24) is 0 Å². The van der Waals surface area contributed by atoms with Crippen molar-refractivity contribution in [3.8, 4) is 66.8 Å². The molecule has 1 aromatic heterocycles.